The van der Waals surface area contributed by atoms with Crippen LogP contribution in [0.2, 0.25) is 0 Å². The molecule has 120 valence electrons. The molecule has 2 fully saturated rings. The molecule has 2 atom stereocenters. The van der Waals surface area contributed by atoms with E-state index in [1.165, 1.54) is 57.8 Å². The van der Waals surface area contributed by atoms with E-state index >= 15 is 0 Å². The number of hydrogen-bond acceptors (Lipinski definition) is 2. The number of phenols is 1. The van der Waals surface area contributed by atoms with Crippen LogP contribution in [0.3, 0.4) is 0 Å². The molecule has 2 heteroatoms. The van der Waals surface area contributed by atoms with E-state index in [0.717, 1.165) is 11.1 Å². The van der Waals surface area contributed by atoms with Crippen molar-refractivity contribution in [3.63, 3.8) is 0 Å². The molecular formula is C20H29NO. The first kappa shape index (κ1) is 15.6. The van der Waals surface area contributed by atoms with Crippen molar-refractivity contribution < 1.29 is 5.11 Å². The molecule has 2 aliphatic rings. The largest absolute Gasteiger partial charge is 0.507 e. The molecule has 2 unspecified atom stereocenters. The Bertz CT molecular complexity index is 516. The number of aliphatic imine (C=N–C) groups is 1. The standard InChI is InChI=1S/C20H29NO/c1-15-8-5-6-13-19(15)21-14-17-11-7-12-18(20(17)22)16-9-3-2-4-10-16/h7,11-12,14-16,19,22H,2-6,8-10,13H2,1H3. The second-order valence-corrected chi connectivity index (χ2v) is 7.23. The zero-order chi connectivity index (χ0) is 15.4. The van der Waals surface area contributed by atoms with E-state index in [0.29, 0.717) is 23.6 Å². The predicted octanol–water partition coefficient (Wildman–Crippen LogP) is 5.44. The van der Waals surface area contributed by atoms with Crippen LogP contribution in [0.1, 0.15) is 81.8 Å². The summed E-state index contributed by atoms with van der Waals surface area (Å²) in [5.41, 5.74) is 2.04. The van der Waals surface area contributed by atoms with Crippen molar-refractivity contribution in [2.75, 3.05) is 0 Å². The van der Waals surface area contributed by atoms with Gasteiger partial charge in [0.2, 0.25) is 0 Å². The maximum atomic E-state index is 10.6. The molecule has 0 amide bonds. The van der Waals surface area contributed by atoms with Gasteiger partial charge < -0.3 is 5.11 Å². The lowest BCUT2D eigenvalue weighted by Crippen LogP contribution is -2.20. The lowest BCUT2D eigenvalue weighted by Gasteiger charge is -2.25. The van der Waals surface area contributed by atoms with Crippen molar-refractivity contribution in [1.29, 1.82) is 0 Å². The van der Waals surface area contributed by atoms with Crippen LogP contribution in [0.15, 0.2) is 23.2 Å². The lowest BCUT2D eigenvalue weighted by molar-refractivity contribution is 0.333. The van der Waals surface area contributed by atoms with Crippen LogP contribution in [0.4, 0.5) is 0 Å². The number of benzene rings is 1. The average Bonchev–Trinajstić information content (AvgIpc) is 2.56. The Labute approximate surface area is 134 Å². The Hall–Kier alpha value is -1.31. The summed E-state index contributed by atoms with van der Waals surface area (Å²) in [5.74, 6) is 1.69. The second-order valence-electron chi connectivity index (χ2n) is 7.23. The van der Waals surface area contributed by atoms with Crippen LogP contribution >= 0.6 is 0 Å². The van der Waals surface area contributed by atoms with E-state index in [9.17, 15) is 5.11 Å². The summed E-state index contributed by atoms with van der Waals surface area (Å²) in [4.78, 5) is 4.80. The molecule has 0 radical (unpaired) electrons. The molecule has 0 aliphatic heterocycles. The smallest absolute Gasteiger partial charge is 0.127 e. The molecule has 1 aromatic rings. The fourth-order valence-electron chi connectivity index (χ4n) is 4.12. The first-order valence-electron chi connectivity index (χ1n) is 9.11. The van der Waals surface area contributed by atoms with Crippen molar-refractivity contribution >= 4 is 6.21 Å². The van der Waals surface area contributed by atoms with Crippen molar-refractivity contribution in [3.05, 3.63) is 29.3 Å². The van der Waals surface area contributed by atoms with E-state index < -0.39 is 0 Å². The minimum atomic E-state index is 0.437. The van der Waals surface area contributed by atoms with Crippen LogP contribution in [-0.2, 0) is 0 Å². The van der Waals surface area contributed by atoms with Crippen LogP contribution in [0, 0.1) is 5.92 Å². The third kappa shape index (κ3) is 3.53. The Balaban J connectivity index is 1.76. The first-order valence-corrected chi connectivity index (χ1v) is 9.11. The van der Waals surface area contributed by atoms with Gasteiger partial charge in [-0.25, -0.2) is 0 Å². The molecule has 0 heterocycles. The molecule has 2 saturated carbocycles. The molecule has 2 nitrogen and oxygen atoms in total. The van der Waals surface area contributed by atoms with Gasteiger partial charge in [-0.1, -0.05) is 51.2 Å². The van der Waals surface area contributed by atoms with Crippen molar-refractivity contribution in [1.82, 2.24) is 0 Å². The number of aromatic hydroxyl groups is 1. The van der Waals surface area contributed by atoms with Crippen LogP contribution in [0.25, 0.3) is 0 Å². The summed E-state index contributed by atoms with van der Waals surface area (Å²) in [6, 6.07) is 6.62. The maximum absolute atomic E-state index is 10.6. The predicted molar refractivity (Wildman–Crippen MR) is 92.9 cm³/mol. The van der Waals surface area contributed by atoms with Gasteiger partial charge in [0.1, 0.15) is 5.75 Å². The SMILES string of the molecule is CC1CCCCC1N=Cc1cccc(C2CCCCC2)c1O. The molecule has 0 bridgehead atoms. The van der Waals surface area contributed by atoms with E-state index in [1.807, 2.05) is 12.3 Å². The van der Waals surface area contributed by atoms with E-state index in [-0.39, 0.29) is 0 Å². The van der Waals surface area contributed by atoms with Gasteiger partial charge in [0, 0.05) is 11.8 Å². The molecule has 2 aliphatic carbocycles. The molecule has 22 heavy (non-hydrogen) atoms. The van der Waals surface area contributed by atoms with Gasteiger partial charge in [-0.3, -0.25) is 4.99 Å². The Kier molecular flexibility index (Phi) is 5.17. The summed E-state index contributed by atoms with van der Waals surface area (Å²) in [6.45, 7) is 2.31. The molecule has 1 aromatic carbocycles. The highest BCUT2D eigenvalue weighted by molar-refractivity contribution is 5.84. The highest BCUT2D eigenvalue weighted by atomic mass is 16.3. The molecule has 0 spiro atoms. The number of hydrogen-bond donors (Lipinski definition) is 1. The van der Waals surface area contributed by atoms with Crippen molar-refractivity contribution in [2.24, 2.45) is 10.9 Å². The second kappa shape index (κ2) is 7.30. The van der Waals surface area contributed by atoms with Crippen molar-refractivity contribution in [3.8, 4) is 5.75 Å². The quantitative estimate of drug-likeness (QED) is 0.741. The van der Waals surface area contributed by atoms with Gasteiger partial charge in [-0.15, -0.1) is 0 Å². The lowest BCUT2D eigenvalue weighted by atomic mass is 9.83. The van der Waals surface area contributed by atoms with Gasteiger partial charge in [0.05, 0.1) is 6.04 Å². The molecular weight excluding hydrogens is 270 g/mol. The summed E-state index contributed by atoms with van der Waals surface area (Å²) >= 11 is 0. The van der Waals surface area contributed by atoms with Crippen molar-refractivity contribution in [2.45, 2.75) is 76.7 Å². The number of rotatable bonds is 3. The zero-order valence-corrected chi connectivity index (χ0v) is 13.8. The Morgan fingerprint density at radius 3 is 2.50 bits per heavy atom. The van der Waals surface area contributed by atoms with Gasteiger partial charge in [-0.05, 0) is 49.1 Å². The van der Waals surface area contributed by atoms with E-state index in [4.69, 9.17) is 4.99 Å². The van der Waals surface area contributed by atoms with Crippen LogP contribution in [0.5, 0.6) is 5.75 Å². The fraction of sp³-hybridized carbons (Fsp3) is 0.650. The molecule has 0 saturated heterocycles. The number of para-hydroxylation sites is 1. The summed E-state index contributed by atoms with van der Waals surface area (Å²) < 4.78 is 0. The third-order valence-electron chi connectivity index (χ3n) is 5.61. The number of phenolic OH excluding ortho intramolecular Hbond substituents is 1. The summed E-state index contributed by atoms with van der Waals surface area (Å²) in [5, 5.41) is 10.6. The highest BCUT2D eigenvalue weighted by Gasteiger charge is 2.21. The highest BCUT2D eigenvalue weighted by Crippen LogP contribution is 2.38. The Morgan fingerprint density at radius 1 is 1.00 bits per heavy atom. The summed E-state index contributed by atoms with van der Waals surface area (Å²) in [6.07, 6.45) is 13.4. The first-order chi connectivity index (χ1) is 10.8. The van der Waals surface area contributed by atoms with Gasteiger partial charge in [0.15, 0.2) is 0 Å². The summed E-state index contributed by atoms with van der Waals surface area (Å²) in [7, 11) is 0. The van der Waals surface area contributed by atoms with E-state index in [1.54, 1.807) is 0 Å². The van der Waals surface area contributed by atoms with E-state index in [2.05, 4.69) is 19.1 Å². The number of nitrogens with zero attached hydrogens (tertiary/aromatic N) is 1. The van der Waals surface area contributed by atoms with Gasteiger partial charge >= 0.3 is 0 Å². The molecule has 1 N–H and O–H groups in total. The minimum absolute atomic E-state index is 0.437. The average molecular weight is 299 g/mol. The Morgan fingerprint density at radius 2 is 1.73 bits per heavy atom. The fourth-order valence-corrected chi connectivity index (χ4v) is 4.12. The normalized spacial score (nSPS) is 27.3. The third-order valence-corrected chi connectivity index (χ3v) is 5.61. The molecule has 0 aromatic heterocycles. The maximum Gasteiger partial charge on any atom is 0.127 e. The zero-order valence-electron chi connectivity index (χ0n) is 13.8. The van der Waals surface area contributed by atoms with Gasteiger partial charge in [0.25, 0.3) is 0 Å². The monoisotopic (exact) mass is 299 g/mol. The minimum Gasteiger partial charge on any atom is -0.507 e. The topological polar surface area (TPSA) is 32.6 Å². The van der Waals surface area contributed by atoms with Crippen LogP contribution < -0.4 is 0 Å². The van der Waals surface area contributed by atoms with Gasteiger partial charge in [-0.2, -0.15) is 0 Å². The molecule has 3 rings (SSSR count). The van der Waals surface area contributed by atoms with Crippen LogP contribution in [-0.4, -0.2) is 17.4 Å².